The molecule has 1 N–H and O–H groups in total. The van der Waals surface area contributed by atoms with E-state index >= 15 is 0 Å². The first-order valence-electron chi connectivity index (χ1n) is 5.41. The van der Waals surface area contributed by atoms with E-state index in [2.05, 4.69) is 23.5 Å². The monoisotopic (exact) mass is 209 g/mol. The average molecular weight is 209 g/mol. The summed E-state index contributed by atoms with van der Waals surface area (Å²) in [6, 6.07) is 0. The lowest BCUT2D eigenvalue weighted by Gasteiger charge is -2.23. The summed E-state index contributed by atoms with van der Waals surface area (Å²) in [6.45, 7) is 6.82. The van der Waals surface area contributed by atoms with E-state index in [9.17, 15) is 0 Å². The highest BCUT2D eigenvalue weighted by Crippen LogP contribution is 2.18. The second-order valence-electron chi connectivity index (χ2n) is 4.63. The quantitative estimate of drug-likeness (QED) is 0.807. The minimum atomic E-state index is 0.141. The van der Waals surface area contributed by atoms with Gasteiger partial charge in [0, 0.05) is 37.5 Å². The van der Waals surface area contributed by atoms with E-state index in [1.807, 2.05) is 18.7 Å². The minimum Gasteiger partial charge on any atom is -0.379 e. The van der Waals surface area contributed by atoms with Crippen molar-refractivity contribution in [2.75, 3.05) is 13.2 Å². The smallest absolute Gasteiger partial charge is 0.0646 e. The minimum absolute atomic E-state index is 0.141. The Kier molecular flexibility index (Phi) is 2.80. The van der Waals surface area contributed by atoms with Gasteiger partial charge >= 0.3 is 0 Å². The Morgan fingerprint density at radius 2 is 2.47 bits per heavy atom. The van der Waals surface area contributed by atoms with Crippen LogP contribution in [0.25, 0.3) is 0 Å². The van der Waals surface area contributed by atoms with Crippen LogP contribution in [-0.2, 0) is 18.3 Å². The molecule has 0 saturated carbocycles. The maximum absolute atomic E-state index is 5.40. The lowest BCUT2D eigenvalue weighted by molar-refractivity contribution is 0.171. The van der Waals surface area contributed by atoms with Gasteiger partial charge in [-0.15, -0.1) is 0 Å². The highest BCUT2D eigenvalue weighted by atomic mass is 16.5. The first-order chi connectivity index (χ1) is 7.09. The molecule has 0 radical (unpaired) electrons. The number of aromatic nitrogens is 2. The molecule has 0 spiro atoms. The van der Waals surface area contributed by atoms with E-state index in [0.717, 1.165) is 31.9 Å². The van der Waals surface area contributed by atoms with E-state index < -0.39 is 0 Å². The lowest BCUT2D eigenvalue weighted by atomic mass is 10.0. The van der Waals surface area contributed by atoms with Crippen LogP contribution in [-0.4, -0.2) is 28.5 Å². The van der Waals surface area contributed by atoms with E-state index in [1.165, 1.54) is 5.56 Å². The summed E-state index contributed by atoms with van der Waals surface area (Å²) in [5.74, 6) is 0. The fraction of sp³-hybridized carbons (Fsp3) is 0.727. The van der Waals surface area contributed by atoms with Crippen molar-refractivity contribution in [1.29, 1.82) is 0 Å². The van der Waals surface area contributed by atoms with Crippen molar-refractivity contribution < 1.29 is 4.74 Å². The number of aryl methyl sites for hydroxylation is 2. The molecule has 84 valence electrons. The molecule has 2 rings (SSSR count). The molecule has 15 heavy (non-hydrogen) atoms. The molecule has 1 aromatic heterocycles. The number of hydrogen-bond acceptors (Lipinski definition) is 3. The highest BCUT2D eigenvalue weighted by molar-refractivity contribution is 5.15. The summed E-state index contributed by atoms with van der Waals surface area (Å²) in [7, 11) is 1.96. The fourth-order valence-electron chi connectivity index (χ4n) is 1.94. The molecule has 1 saturated heterocycles. The normalized spacial score (nSPS) is 26.1. The summed E-state index contributed by atoms with van der Waals surface area (Å²) in [5.41, 5.74) is 2.51. The van der Waals surface area contributed by atoms with Crippen LogP contribution in [0, 0.1) is 6.92 Å². The van der Waals surface area contributed by atoms with E-state index in [4.69, 9.17) is 4.74 Å². The van der Waals surface area contributed by atoms with Crippen molar-refractivity contribution in [1.82, 2.24) is 15.1 Å². The summed E-state index contributed by atoms with van der Waals surface area (Å²) in [4.78, 5) is 0. The van der Waals surface area contributed by atoms with Crippen LogP contribution in [0.2, 0.25) is 0 Å². The Morgan fingerprint density at radius 1 is 1.67 bits per heavy atom. The van der Waals surface area contributed by atoms with E-state index in [-0.39, 0.29) is 5.54 Å². The Labute approximate surface area is 90.6 Å². The Morgan fingerprint density at radius 3 is 3.00 bits per heavy atom. The van der Waals surface area contributed by atoms with Gasteiger partial charge in [0.2, 0.25) is 0 Å². The van der Waals surface area contributed by atoms with Gasteiger partial charge in [-0.05, 0) is 20.3 Å². The highest BCUT2D eigenvalue weighted by Gasteiger charge is 2.28. The van der Waals surface area contributed by atoms with E-state index in [1.54, 1.807) is 0 Å². The van der Waals surface area contributed by atoms with Gasteiger partial charge in [0.1, 0.15) is 0 Å². The number of nitrogens with zero attached hydrogens (tertiary/aromatic N) is 2. The van der Waals surface area contributed by atoms with Crippen molar-refractivity contribution in [3.8, 4) is 0 Å². The molecule has 1 aliphatic heterocycles. The van der Waals surface area contributed by atoms with Crippen LogP contribution in [0.15, 0.2) is 6.20 Å². The van der Waals surface area contributed by atoms with Gasteiger partial charge in [-0.1, -0.05) is 0 Å². The number of hydrogen-bond donors (Lipinski definition) is 1. The summed E-state index contributed by atoms with van der Waals surface area (Å²) < 4.78 is 7.26. The second kappa shape index (κ2) is 3.94. The Bertz CT molecular complexity index is 340. The number of ether oxygens (including phenoxy) is 1. The first kappa shape index (κ1) is 10.6. The molecule has 1 aromatic rings. The largest absolute Gasteiger partial charge is 0.379 e. The first-order valence-corrected chi connectivity index (χ1v) is 5.41. The van der Waals surface area contributed by atoms with Gasteiger partial charge < -0.3 is 10.1 Å². The zero-order valence-electron chi connectivity index (χ0n) is 9.71. The van der Waals surface area contributed by atoms with Crippen molar-refractivity contribution in [3.05, 3.63) is 17.5 Å². The summed E-state index contributed by atoms with van der Waals surface area (Å²) >= 11 is 0. The zero-order chi connectivity index (χ0) is 10.9. The third-order valence-electron chi connectivity index (χ3n) is 3.04. The zero-order valence-corrected chi connectivity index (χ0v) is 9.71. The maximum Gasteiger partial charge on any atom is 0.0646 e. The van der Waals surface area contributed by atoms with Crippen LogP contribution in [0.1, 0.15) is 24.6 Å². The molecule has 0 aromatic carbocycles. The topological polar surface area (TPSA) is 39.1 Å². The van der Waals surface area contributed by atoms with Crippen molar-refractivity contribution in [2.24, 2.45) is 7.05 Å². The Balaban J connectivity index is 1.95. The number of rotatable bonds is 3. The van der Waals surface area contributed by atoms with Crippen molar-refractivity contribution in [2.45, 2.75) is 32.4 Å². The van der Waals surface area contributed by atoms with Crippen LogP contribution in [0.3, 0.4) is 0 Å². The maximum atomic E-state index is 5.40. The SMILES string of the molecule is Cc1nn(C)cc1CNC1(C)CCOC1. The number of nitrogens with one attached hydrogen (secondary N) is 1. The van der Waals surface area contributed by atoms with Crippen LogP contribution in [0.5, 0.6) is 0 Å². The average Bonchev–Trinajstić information content (AvgIpc) is 2.71. The van der Waals surface area contributed by atoms with Gasteiger partial charge in [-0.25, -0.2) is 0 Å². The van der Waals surface area contributed by atoms with Crippen molar-refractivity contribution >= 4 is 0 Å². The molecule has 0 bridgehead atoms. The molecular formula is C11H19N3O. The van der Waals surface area contributed by atoms with Crippen LogP contribution >= 0.6 is 0 Å². The molecule has 4 heteroatoms. The molecule has 2 heterocycles. The molecule has 1 unspecified atom stereocenters. The van der Waals surface area contributed by atoms with Gasteiger partial charge in [0.15, 0.2) is 0 Å². The third kappa shape index (κ3) is 2.38. The molecular weight excluding hydrogens is 190 g/mol. The standard InChI is InChI=1S/C11H19N3O/c1-9-10(7-14(3)13-9)6-12-11(2)4-5-15-8-11/h7,12H,4-6,8H2,1-3H3. The molecule has 0 amide bonds. The molecule has 4 nitrogen and oxygen atoms in total. The fourth-order valence-corrected chi connectivity index (χ4v) is 1.94. The predicted molar refractivity (Wildman–Crippen MR) is 58.6 cm³/mol. The van der Waals surface area contributed by atoms with E-state index in [0.29, 0.717) is 0 Å². The van der Waals surface area contributed by atoms with Crippen LogP contribution in [0.4, 0.5) is 0 Å². The predicted octanol–water partition coefficient (Wildman–Crippen LogP) is 0.997. The van der Waals surface area contributed by atoms with Crippen LogP contribution < -0.4 is 5.32 Å². The molecule has 1 atom stereocenters. The molecule has 1 aliphatic rings. The molecule has 1 fully saturated rings. The van der Waals surface area contributed by atoms with Gasteiger partial charge in [-0.3, -0.25) is 4.68 Å². The summed E-state index contributed by atoms with van der Waals surface area (Å²) in [5, 5.41) is 7.87. The van der Waals surface area contributed by atoms with Gasteiger partial charge in [0.05, 0.1) is 12.3 Å². The summed E-state index contributed by atoms with van der Waals surface area (Å²) in [6.07, 6.45) is 3.16. The Hall–Kier alpha value is -0.870. The lowest BCUT2D eigenvalue weighted by Crippen LogP contribution is -2.42. The van der Waals surface area contributed by atoms with Gasteiger partial charge in [-0.2, -0.15) is 5.10 Å². The molecule has 0 aliphatic carbocycles. The van der Waals surface area contributed by atoms with Gasteiger partial charge in [0.25, 0.3) is 0 Å². The third-order valence-corrected chi connectivity index (χ3v) is 3.04. The van der Waals surface area contributed by atoms with Crippen molar-refractivity contribution in [3.63, 3.8) is 0 Å². The second-order valence-corrected chi connectivity index (χ2v) is 4.63.